The zero-order valence-electron chi connectivity index (χ0n) is 22.6. The molecule has 1 aromatic carbocycles. The molecule has 3 aromatic rings. The zero-order chi connectivity index (χ0) is 26.7. The second kappa shape index (κ2) is 13.4. The molecule has 4 rings (SSSR count). The first-order chi connectivity index (χ1) is 17.7. The van der Waals surface area contributed by atoms with Gasteiger partial charge in [-0.1, -0.05) is 43.9 Å². The number of hydrogen-bond acceptors (Lipinski definition) is 5. The van der Waals surface area contributed by atoms with Crippen LogP contribution in [0.15, 0.2) is 39.9 Å². The van der Waals surface area contributed by atoms with Crippen LogP contribution < -0.4 is 85.2 Å². The second-order valence-electron chi connectivity index (χ2n) is 9.77. The number of rotatable bonds is 9. The van der Waals surface area contributed by atoms with E-state index >= 15 is 8.78 Å². The molecule has 7 nitrogen and oxygen atoms in total. The number of halogens is 2. The molecule has 1 aliphatic heterocycles. The van der Waals surface area contributed by atoms with Gasteiger partial charge in [-0.05, 0) is 75.7 Å². The molecular formula is C27H33BF2N5O2Rb. The van der Waals surface area contributed by atoms with E-state index in [1.807, 2.05) is 0 Å². The predicted molar refractivity (Wildman–Crippen MR) is 143 cm³/mol. The van der Waals surface area contributed by atoms with Gasteiger partial charge in [0.15, 0.2) is 5.56 Å². The number of hydrogen-bond donors (Lipinski definition) is 1. The summed E-state index contributed by atoms with van der Waals surface area (Å²) in [5.41, 5.74) is -0.436. The van der Waals surface area contributed by atoms with E-state index in [4.69, 9.17) is 7.85 Å². The summed E-state index contributed by atoms with van der Waals surface area (Å²) >= 11 is 0. The zero-order valence-corrected chi connectivity index (χ0v) is 27.6. The smallest absolute Gasteiger partial charge is 0.400 e. The number of nitrogens with zero attached hydrogens (tertiary/aromatic N) is 4. The van der Waals surface area contributed by atoms with Gasteiger partial charge in [0.2, 0.25) is 0 Å². The average molecular weight is 594 g/mol. The van der Waals surface area contributed by atoms with Crippen LogP contribution in [0, 0.1) is 5.92 Å². The van der Waals surface area contributed by atoms with E-state index in [0.29, 0.717) is 43.4 Å². The standard InChI is InChI=1S/C27H34BF2N5O2.Rb/c1-4-6-14-34-15-12-18(13-16-34)27(29,30)21-9-7-8-19(23(21)28)17(3)31-24-20-10-11-22(36)32-25(20)35(5-2)26(37)33-24;/h7-11,17-18H,4-6,12-16H2,1-3H3,(H2,31,32,33,36,37);/q;+1/p-1. The molecule has 3 heterocycles. The van der Waals surface area contributed by atoms with Crippen LogP contribution in [0.1, 0.15) is 63.6 Å². The van der Waals surface area contributed by atoms with Crippen LogP contribution in [-0.2, 0) is 12.5 Å². The fourth-order valence-electron chi connectivity index (χ4n) is 5.18. The number of fused-ring (bicyclic) bond motifs is 1. The number of unbranched alkanes of at least 4 members (excludes halogenated alkanes) is 1. The molecule has 0 amide bonds. The summed E-state index contributed by atoms with van der Waals surface area (Å²) in [4.78, 5) is 34.8. The summed E-state index contributed by atoms with van der Waals surface area (Å²) in [5.74, 6) is -3.61. The molecule has 0 bridgehead atoms. The van der Waals surface area contributed by atoms with Crippen molar-refractivity contribution in [1.29, 1.82) is 0 Å². The van der Waals surface area contributed by atoms with Crippen molar-refractivity contribution in [3.8, 4) is 0 Å². The number of nitrogens with one attached hydrogen (secondary N) is 1. The van der Waals surface area contributed by atoms with Gasteiger partial charge in [0, 0.05) is 22.9 Å². The van der Waals surface area contributed by atoms with Crippen LogP contribution in [0.4, 0.5) is 14.6 Å². The number of benzene rings is 1. The van der Waals surface area contributed by atoms with Crippen LogP contribution in [0.5, 0.6) is 0 Å². The number of piperidine rings is 1. The monoisotopic (exact) mass is 593 g/mol. The van der Waals surface area contributed by atoms with Crippen LogP contribution in [0.2, 0.25) is 0 Å². The van der Waals surface area contributed by atoms with Gasteiger partial charge in [-0.25, -0.2) is 8.78 Å². The van der Waals surface area contributed by atoms with Crippen molar-refractivity contribution in [2.24, 2.45) is 5.92 Å². The predicted octanol–water partition coefficient (Wildman–Crippen LogP) is 0.309. The summed E-state index contributed by atoms with van der Waals surface area (Å²) in [5, 5.41) is 3.63. The van der Waals surface area contributed by atoms with Gasteiger partial charge in [-0.15, -0.1) is 0 Å². The molecule has 196 valence electrons. The molecule has 0 saturated carbocycles. The summed E-state index contributed by atoms with van der Waals surface area (Å²) < 4.78 is 32.8. The minimum Gasteiger partial charge on any atom is -0.400 e. The second-order valence-corrected chi connectivity index (χ2v) is 9.77. The number of anilines is 1. The minimum atomic E-state index is -3.06. The third kappa shape index (κ3) is 6.57. The molecule has 1 fully saturated rings. The Kier molecular flexibility index (Phi) is 11.1. The van der Waals surface area contributed by atoms with Gasteiger partial charge in [0.1, 0.15) is 13.7 Å². The van der Waals surface area contributed by atoms with Gasteiger partial charge >= 0.3 is 58.2 Å². The normalized spacial score (nSPS) is 15.8. The summed E-state index contributed by atoms with van der Waals surface area (Å²) in [7, 11) is 6.36. The van der Waals surface area contributed by atoms with Crippen molar-refractivity contribution in [1.82, 2.24) is 19.4 Å². The first-order valence-corrected chi connectivity index (χ1v) is 13.0. The minimum absolute atomic E-state index is 0. The average Bonchev–Trinajstić information content (AvgIpc) is 2.87. The molecule has 2 radical (unpaired) electrons. The van der Waals surface area contributed by atoms with E-state index in [-0.39, 0.29) is 80.7 Å². The molecule has 0 spiro atoms. The molecule has 1 aliphatic rings. The van der Waals surface area contributed by atoms with E-state index in [1.165, 1.54) is 16.7 Å². The molecule has 2 aromatic heterocycles. The maximum Gasteiger partial charge on any atom is 1.00 e. The summed E-state index contributed by atoms with van der Waals surface area (Å²) in [6, 6.07) is 7.02. The quantitative estimate of drug-likeness (QED) is 0.360. The van der Waals surface area contributed by atoms with E-state index in [9.17, 15) is 9.59 Å². The Labute approximate surface area is 272 Å². The Bertz CT molecular complexity index is 1370. The van der Waals surface area contributed by atoms with E-state index < -0.39 is 29.1 Å². The Hall–Kier alpha value is -1.20. The fraction of sp³-hybridized carbons (Fsp3) is 0.519. The largest absolute Gasteiger partial charge is 1.00 e. The Morgan fingerprint density at radius 1 is 1.18 bits per heavy atom. The fourth-order valence-corrected chi connectivity index (χ4v) is 5.18. The number of pyridine rings is 1. The SMILES string of the molecule is [B]c1c(C(C)Nc2nc(=O)n(CC)c3[n-]c(=O)ccc23)cccc1C(F)(F)C1CCN(CCCC)CC1.[Rb+]. The van der Waals surface area contributed by atoms with Gasteiger partial charge < -0.3 is 19.8 Å². The van der Waals surface area contributed by atoms with Crippen LogP contribution in [0.25, 0.3) is 11.0 Å². The molecular weight excluding hydrogens is 561 g/mol. The number of aromatic nitrogens is 3. The van der Waals surface area contributed by atoms with Crippen molar-refractivity contribution in [3.05, 3.63) is 62.3 Å². The van der Waals surface area contributed by atoms with Crippen LogP contribution in [0.3, 0.4) is 0 Å². The topological polar surface area (TPSA) is 81.3 Å². The van der Waals surface area contributed by atoms with Gasteiger partial charge in [0.05, 0.1) is 0 Å². The first-order valence-electron chi connectivity index (χ1n) is 13.0. The molecule has 1 N–H and O–H groups in total. The first kappa shape index (κ1) is 31.3. The number of aryl methyl sites for hydroxylation is 1. The Balaban J connectivity index is 0.00000400. The molecule has 0 aliphatic carbocycles. The van der Waals surface area contributed by atoms with Crippen LogP contribution in [-0.4, -0.2) is 41.9 Å². The maximum absolute atomic E-state index is 15.7. The number of alkyl halides is 2. The van der Waals surface area contributed by atoms with Crippen molar-refractivity contribution >= 4 is 30.2 Å². The van der Waals surface area contributed by atoms with Crippen molar-refractivity contribution in [3.63, 3.8) is 0 Å². The van der Waals surface area contributed by atoms with Gasteiger partial charge in [-0.2, -0.15) is 4.98 Å². The third-order valence-electron chi connectivity index (χ3n) is 7.36. The van der Waals surface area contributed by atoms with Crippen molar-refractivity contribution < 1.29 is 67.0 Å². The van der Waals surface area contributed by atoms with E-state index in [2.05, 4.69) is 27.1 Å². The molecule has 11 heteroatoms. The van der Waals surface area contributed by atoms with Gasteiger partial charge in [-0.3, -0.25) is 9.59 Å². The maximum atomic E-state index is 15.7. The molecule has 38 heavy (non-hydrogen) atoms. The van der Waals surface area contributed by atoms with Crippen LogP contribution >= 0.6 is 0 Å². The Morgan fingerprint density at radius 3 is 2.55 bits per heavy atom. The summed E-state index contributed by atoms with van der Waals surface area (Å²) in [6.45, 7) is 8.25. The van der Waals surface area contributed by atoms with Crippen molar-refractivity contribution in [2.45, 2.75) is 65.0 Å². The third-order valence-corrected chi connectivity index (χ3v) is 7.36. The molecule has 1 saturated heterocycles. The summed E-state index contributed by atoms with van der Waals surface area (Å²) in [6.07, 6.45) is 3.01. The van der Waals surface area contributed by atoms with E-state index in [0.717, 1.165) is 19.4 Å². The van der Waals surface area contributed by atoms with Gasteiger partial charge in [0.25, 0.3) is 11.6 Å². The number of likely N-dealkylation sites (tertiary alicyclic amines) is 1. The molecule has 1 atom stereocenters. The molecule has 1 unspecified atom stereocenters. The van der Waals surface area contributed by atoms with Crippen molar-refractivity contribution in [2.75, 3.05) is 25.0 Å². The Morgan fingerprint density at radius 2 is 1.89 bits per heavy atom. The van der Waals surface area contributed by atoms with E-state index in [1.54, 1.807) is 32.0 Å².